The Morgan fingerprint density at radius 3 is 2.50 bits per heavy atom. The molecule has 0 fully saturated rings. The van der Waals surface area contributed by atoms with Crippen molar-refractivity contribution in [3.8, 4) is 11.3 Å². The fourth-order valence-corrected chi connectivity index (χ4v) is 2.12. The average Bonchev–Trinajstić information content (AvgIpc) is 3.10. The third-order valence-corrected chi connectivity index (χ3v) is 3.34. The van der Waals surface area contributed by atoms with Crippen molar-refractivity contribution < 1.29 is 4.79 Å². The van der Waals surface area contributed by atoms with Crippen molar-refractivity contribution in [2.45, 2.75) is 13.8 Å². The Balaban J connectivity index is 2.09. The number of carbonyl (C=O) groups excluding carboxylic acids is 1. The molecule has 0 spiro atoms. The van der Waals surface area contributed by atoms with E-state index in [1.54, 1.807) is 18.5 Å². The zero-order valence-electron chi connectivity index (χ0n) is 11.3. The standard InChI is InChI=1S/C15H14N4O/c1-11-12(2)19(15(20)18-10-6-9-16-18)17-14(11)13-7-4-3-5-8-13/h3-10H,1-2H3. The summed E-state index contributed by atoms with van der Waals surface area (Å²) in [4.78, 5) is 12.3. The first-order valence-corrected chi connectivity index (χ1v) is 6.34. The predicted molar refractivity (Wildman–Crippen MR) is 75.6 cm³/mol. The molecule has 0 aliphatic heterocycles. The fourth-order valence-electron chi connectivity index (χ4n) is 2.12. The molecule has 100 valence electrons. The van der Waals surface area contributed by atoms with Gasteiger partial charge in [0.2, 0.25) is 0 Å². The molecule has 3 rings (SSSR count). The molecule has 1 aromatic carbocycles. The first-order chi connectivity index (χ1) is 9.68. The summed E-state index contributed by atoms with van der Waals surface area (Å²) >= 11 is 0. The molecule has 0 atom stereocenters. The van der Waals surface area contributed by atoms with Crippen LogP contribution in [0.25, 0.3) is 11.3 Å². The number of rotatable bonds is 1. The second-order valence-electron chi connectivity index (χ2n) is 4.57. The van der Waals surface area contributed by atoms with Gasteiger partial charge in [0.15, 0.2) is 0 Å². The third-order valence-electron chi connectivity index (χ3n) is 3.34. The van der Waals surface area contributed by atoms with E-state index in [4.69, 9.17) is 0 Å². The van der Waals surface area contributed by atoms with Crippen LogP contribution >= 0.6 is 0 Å². The molecule has 5 heteroatoms. The van der Waals surface area contributed by atoms with E-state index in [9.17, 15) is 4.79 Å². The lowest BCUT2D eigenvalue weighted by Gasteiger charge is -2.01. The molecule has 0 amide bonds. The van der Waals surface area contributed by atoms with Crippen molar-refractivity contribution in [2.75, 3.05) is 0 Å². The molecule has 0 N–H and O–H groups in total. The highest BCUT2D eigenvalue weighted by molar-refractivity contribution is 5.80. The van der Waals surface area contributed by atoms with E-state index in [1.807, 2.05) is 44.2 Å². The van der Waals surface area contributed by atoms with Crippen molar-refractivity contribution in [2.24, 2.45) is 0 Å². The second kappa shape index (κ2) is 4.77. The maximum absolute atomic E-state index is 12.3. The molecule has 0 radical (unpaired) electrons. The smallest absolute Gasteiger partial charge is 0.244 e. The fraction of sp³-hybridized carbons (Fsp3) is 0.133. The lowest BCUT2D eigenvalue weighted by molar-refractivity contribution is 0.237. The molecule has 20 heavy (non-hydrogen) atoms. The third kappa shape index (κ3) is 1.93. The van der Waals surface area contributed by atoms with Gasteiger partial charge in [-0.25, -0.2) is 4.79 Å². The first kappa shape index (κ1) is 12.3. The van der Waals surface area contributed by atoms with Gasteiger partial charge in [0.25, 0.3) is 0 Å². The molecule has 0 saturated carbocycles. The Morgan fingerprint density at radius 1 is 1.10 bits per heavy atom. The summed E-state index contributed by atoms with van der Waals surface area (Å²) in [5.74, 6) is 0. The van der Waals surface area contributed by atoms with Gasteiger partial charge in [0, 0.05) is 23.7 Å². The molecule has 2 aromatic heterocycles. The largest absolute Gasteiger partial charge is 0.369 e. The van der Waals surface area contributed by atoms with Crippen LogP contribution in [-0.4, -0.2) is 25.6 Å². The Morgan fingerprint density at radius 2 is 1.85 bits per heavy atom. The van der Waals surface area contributed by atoms with Gasteiger partial charge in [0.1, 0.15) is 0 Å². The number of hydrogen-bond donors (Lipinski definition) is 0. The van der Waals surface area contributed by atoms with E-state index in [-0.39, 0.29) is 6.03 Å². The molecule has 2 heterocycles. The molecule has 5 nitrogen and oxygen atoms in total. The summed E-state index contributed by atoms with van der Waals surface area (Å²) < 4.78 is 2.67. The summed E-state index contributed by atoms with van der Waals surface area (Å²) in [6.45, 7) is 3.85. The monoisotopic (exact) mass is 266 g/mol. The normalized spacial score (nSPS) is 10.7. The van der Waals surface area contributed by atoms with Crippen LogP contribution in [0.4, 0.5) is 4.79 Å². The van der Waals surface area contributed by atoms with Crippen molar-refractivity contribution in [1.29, 1.82) is 0 Å². The molecular formula is C15H14N4O. The van der Waals surface area contributed by atoms with E-state index in [1.165, 1.54) is 9.36 Å². The number of carbonyl (C=O) groups is 1. The first-order valence-electron chi connectivity index (χ1n) is 6.34. The maximum atomic E-state index is 12.3. The van der Waals surface area contributed by atoms with Gasteiger partial charge in [0.05, 0.1) is 5.69 Å². The Kier molecular flexibility index (Phi) is 2.95. The van der Waals surface area contributed by atoms with E-state index < -0.39 is 0 Å². The van der Waals surface area contributed by atoms with Crippen LogP contribution in [0, 0.1) is 13.8 Å². The highest BCUT2D eigenvalue weighted by atomic mass is 16.2. The van der Waals surface area contributed by atoms with Crippen LogP contribution in [0.2, 0.25) is 0 Å². The molecule has 0 saturated heterocycles. The Bertz CT molecular complexity index is 742. The molecule has 0 aliphatic carbocycles. The van der Waals surface area contributed by atoms with Crippen LogP contribution in [0.5, 0.6) is 0 Å². The van der Waals surface area contributed by atoms with Crippen LogP contribution < -0.4 is 0 Å². The van der Waals surface area contributed by atoms with Gasteiger partial charge in [-0.05, 0) is 25.5 Å². The minimum absolute atomic E-state index is 0.280. The van der Waals surface area contributed by atoms with E-state index in [0.717, 1.165) is 22.5 Å². The van der Waals surface area contributed by atoms with Crippen molar-refractivity contribution in [3.63, 3.8) is 0 Å². The Hall–Kier alpha value is -2.69. The molecule has 3 aromatic rings. The van der Waals surface area contributed by atoms with E-state index >= 15 is 0 Å². The second-order valence-corrected chi connectivity index (χ2v) is 4.57. The Labute approximate surface area is 116 Å². The van der Waals surface area contributed by atoms with Gasteiger partial charge in [-0.2, -0.15) is 19.6 Å². The summed E-state index contributed by atoms with van der Waals surface area (Å²) in [5.41, 5.74) is 3.64. The van der Waals surface area contributed by atoms with Gasteiger partial charge >= 0.3 is 6.03 Å². The zero-order valence-corrected chi connectivity index (χ0v) is 11.3. The van der Waals surface area contributed by atoms with E-state index in [2.05, 4.69) is 10.2 Å². The zero-order chi connectivity index (χ0) is 14.1. The van der Waals surface area contributed by atoms with Gasteiger partial charge in [-0.15, -0.1) is 0 Å². The van der Waals surface area contributed by atoms with Crippen molar-refractivity contribution in [3.05, 3.63) is 60.0 Å². The average molecular weight is 266 g/mol. The number of aromatic nitrogens is 4. The molecular weight excluding hydrogens is 252 g/mol. The maximum Gasteiger partial charge on any atom is 0.369 e. The predicted octanol–water partition coefficient (Wildman–Crippen LogP) is 2.88. The minimum atomic E-state index is -0.280. The highest BCUT2D eigenvalue weighted by Crippen LogP contribution is 2.24. The quantitative estimate of drug-likeness (QED) is 0.680. The summed E-state index contributed by atoms with van der Waals surface area (Å²) in [5, 5.41) is 8.39. The van der Waals surface area contributed by atoms with Crippen LogP contribution in [-0.2, 0) is 0 Å². The van der Waals surface area contributed by atoms with Crippen LogP contribution in [0.15, 0.2) is 48.8 Å². The summed E-state index contributed by atoms with van der Waals surface area (Å²) in [6.07, 6.45) is 3.18. The summed E-state index contributed by atoms with van der Waals surface area (Å²) in [7, 11) is 0. The highest BCUT2D eigenvalue weighted by Gasteiger charge is 2.18. The van der Waals surface area contributed by atoms with Crippen LogP contribution in [0.3, 0.4) is 0 Å². The minimum Gasteiger partial charge on any atom is -0.244 e. The topological polar surface area (TPSA) is 52.7 Å². The number of benzene rings is 1. The van der Waals surface area contributed by atoms with E-state index in [0.29, 0.717) is 0 Å². The lowest BCUT2D eigenvalue weighted by atomic mass is 10.1. The number of nitrogens with zero attached hydrogens (tertiary/aromatic N) is 4. The van der Waals surface area contributed by atoms with Crippen molar-refractivity contribution >= 4 is 6.03 Å². The SMILES string of the molecule is Cc1c(-c2ccccc2)nn(C(=O)n2cccn2)c1C. The van der Waals surface area contributed by atoms with Crippen molar-refractivity contribution in [1.82, 2.24) is 19.6 Å². The molecule has 0 unspecified atom stereocenters. The van der Waals surface area contributed by atoms with Gasteiger partial charge < -0.3 is 0 Å². The summed E-state index contributed by atoms with van der Waals surface area (Å²) in [6, 6.07) is 11.3. The van der Waals surface area contributed by atoms with Gasteiger partial charge in [-0.1, -0.05) is 30.3 Å². The molecule has 0 bridgehead atoms. The molecule has 0 aliphatic rings. The van der Waals surface area contributed by atoms with Crippen LogP contribution in [0.1, 0.15) is 11.3 Å². The van der Waals surface area contributed by atoms with Gasteiger partial charge in [-0.3, -0.25) is 0 Å². The number of hydrogen-bond acceptors (Lipinski definition) is 3. The lowest BCUT2D eigenvalue weighted by Crippen LogP contribution is -2.22.